The molecule has 11 heteroatoms. The smallest absolute Gasteiger partial charge is 0.391 e. The summed E-state index contributed by atoms with van der Waals surface area (Å²) in [6, 6.07) is 8.14. The molecule has 34 heavy (non-hydrogen) atoms. The van der Waals surface area contributed by atoms with Crippen molar-refractivity contribution in [2.75, 3.05) is 0 Å². The van der Waals surface area contributed by atoms with Gasteiger partial charge in [0.05, 0.1) is 16.2 Å². The van der Waals surface area contributed by atoms with Crippen molar-refractivity contribution in [2.45, 2.75) is 61.3 Å². The first-order valence-electron chi connectivity index (χ1n) is 11.0. The van der Waals surface area contributed by atoms with Crippen LogP contribution in [0.15, 0.2) is 53.4 Å². The molecular weight excluding hydrogens is 471 g/mol. The Bertz CT molecular complexity index is 1260. The number of nitrogens with one attached hydrogen (secondary N) is 1. The molecule has 180 valence electrons. The van der Waals surface area contributed by atoms with Crippen molar-refractivity contribution in [1.82, 2.24) is 14.6 Å². The second kappa shape index (κ2) is 8.38. The third kappa shape index (κ3) is 4.54. The first kappa shape index (κ1) is 22.9. The molecule has 3 heterocycles. The van der Waals surface area contributed by atoms with Gasteiger partial charge in [0.15, 0.2) is 0 Å². The van der Waals surface area contributed by atoms with Crippen molar-refractivity contribution >= 4 is 21.7 Å². The standard InChI is InChI=1S/C23H22F3N3O4S/c24-23(25,26)15-3-1-4-19(13-15)34(31,32)29-17-9-10-18(29)12-14(11-17)20-5-2-6-21(28-20)33-22(30)27-16-7-8-16/h1-6,11,13,16-18H,7-10,12H2,(H,27,30). The van der Waals surface area contributed by atoms with Crippen molar-refractivity contribution in [2.24, 2.45) is 0 Å². The summed E-state index contributed by atoms with van der Waals surface area (Å²) in [5.41, 5.74) is 0.390. The first-order valence-corrected chi connectivity index (χ1v) is 12.4. The number of sulfonamides is 1. The average molecular weight is 494 g/mol. The minimum atomic E-state index is -4.63. The molecule has 1 saturated heterocycles. The summed E-state index contributed by atoms with van der Waals surface area (Å²) in [5.74, 6) is 0.142. The number of fused-ring (bicyclic) bond motifs is 2. The molecule has 2 aliphatic heterocycles. The van der Waals surface area contributed by atoms with E-state index in [0.29, 0.717) is 31.0 Å². The third-order valence-corrected chi connectivity index (χ3v) is 8.19. The molecule has 0 radical (unpaired) electrons. The number of alkyl halides is 3. The number of benzene rings is 1. The van der Waals surface area contributed by atoms with Gasteiger partial charge in [0.1, 0.15) is 0 Å². The van der Waals surface area contributed by atoms with Crippen molar-refractivity contribution in [1.29, 1.82) is 0 Å². The van der Waals surface area contributed by atoms with Gasteiger partial charge in [-0.1, -0.05) is 18.2 Å². The van der Waals surface area contributed by atoms with E-state index >= 15 is 0 Å². The van der Waals surface area contributed by atoms with E-state index in [4.69, 9.17) is 4.74 Å². The Kier molecular flexibility index (Phi) is 5.64. The van der Waals surface area contributed by atoms with E-state index in [-0.39, 0.29) is 16.8 Å². The van der Waals surface area contributed by atoms with Gasteiger partial charge < -0.3 is 10.1 Å². The number of carbonyl (C=O) groups is 1. The van der Waals surface area contributed by atoms with Crippen molar-refractivity contribution in [3.63, 3.8) is 0 Å². The van der Waals surface area contributed by atoms with Gasteiger partial charge in [0.25, 0.3) is 0 Å². The zero-order chi connectivity index (χ0) is 24.1. The van der Waals surface area contributed by atoms with Crippen LogP contribution in [-0.4, -0.2) is 41.9 Å². The van der Waals surface area contributed by atoms with Crippen LogP contribution in [0.2, 0.25) is 0 Å². The van der Waals surface area contributed by atoms with E-state index < -0.39 is 39.9 Å². The van der Waals surface area contributed by atoms with Crippen molar-refractivity contribution in [3.05, 3.63) is 59.8 Å². The molecule has 7 nitrogen and oxygen atoms in total. The van der Waals surface area contributed by atoms with Crippen molar-refractivity contribution < 1.29 is 31.1 Å². The number of amides is 1. The average Bonchev–Trinajstić information content (AvgIpc) is 3.55. The van der Waals surface area contributed by atoms with E-state index in [1.165, 1.54) is 10.4 Å². The van der Waals surface area contributed by atoms with Gasteiger partial charge >= 0.3 is 12.3 Å². The molecule has 2 aromatic rings. The Hall–Kier alpha value is -2.92. The third-order valence-electron chi connectivity index (χ3n) is 6.22. The van der Waals surface area contributed by atoms with E-state index in [2.05, 4.69) is 10.3 Å². The lowest BCUT2D eigenvalue weighted by Gasteiger charge is -2.33. The Balaban J connectivity index is 1.38. The van der Waals surface area contributed by atoms with Gasteiger partial charge in [-0.05, 0) is 61.9 Å². The van der Waals surface area contributed by atoms with Gasteiger partial charge in [-0.2, -0.15) is 17.5 Å². The lowest BCUT2D eigenvalue weighted by Crippen LogP contribution is -2.42. The number of hydrogen-bond acceptors (Lipinski definition) is 5. The molecule has 2 unspecified atom stereocenters. The molecule has 1 aliphatic carbocycles. The molecule has 1 amide bonds. The van der Waals surface area contributed by atoms with Crippen LogP contribution in [0.1, 0.15) is 43.4 Å². The predicted molar refractivity (Wildman–Crippen MR) is 116 cm³/mol. The van der Waals surface area contributed by atoms with Gasteiger partial charge in [-0.3, -0.25) is 0 Å². The van der Waals surface area contributed by atoms with Crippen LogP contribution in [0.3, 0.4) is 0 Å². The fourth-order valence-electron chi connectivity index (χ4n) is 4.48. The maximum atomic E-state index is 13.3. The largest absolute Gasteiger partial charge is 0.416 e. The zero-order valence-corrected chi connectivity index (χ0v) is 18.8. The molecule has 5 rings (SSSR count). The maximum absolute atomic E-state index is 13.3. The number of hydrogen-bond donors (Lipinski definition) is 1. The van der Waals surface area contributed by atoms with Crippen LogP contribution >= 0.6 is 0 Å². The molecule has 1 N–H and O–H groups in total. The van der Waals surface area contributed by atoms with E-state index in [1.54, 1.807) is 24.3 Å². The van der Waals surface area contributed by atoms with Gasteiger partial charge in [0, 0.05) is 24.2 Å². The van der Waals surface area contributed by atoms with Crippen LogP contribution in [-0.2, 0) is 16.2 Å². The quantitative estimate of drug-likeness (QED) is 0.669. The number of carbonyl (C=O) groups excluding carboxylic acids is 1. The highest BCUT2D eigenvalue weighted by Gasteiger charge is 2.45. The minimum absolute atomic E-state index is 0.142. The second-order valence-electron chi connectivity index (χ2n) is 8.72. The maximum Gasteiger partial charge on any atom is 0.416 e. The highest BCUT2D eigenvalue weighted by Crippen LogP contribution is 2.42. The lowest BCUT2D eigenvalue weighted by atomic mass is 10.00. The van der Waals surface area contributed by atoms with Gasteiger partial charge in [-0.15, -0.1) is 0 Å². The van der Waals surface area contributed by atoms with Crippen LogP contribution in [0.25, 0.3) is 5.57 Å². The Morgan fingerprint density at radius 3 is 2.56 bits per heavy atom. The molecule has 3 aliphatic rings. The monoisotopic (exact) mass is 493 g/mol. The number of ether oxygens (including phenoxy) is 1. The van der Waals surface area contributed by atoms with E-state index in [9.17, 15) is 26.4 Å². The predicted octanol–water partition coefficient (Wildman–Crippen LogP) is 4.36. The summed E-state index contributed by atoms with van der Waals surface area (Å²) in [6.45, 7) is 0. The number of halogens is 3. The summed E-state index contributed by atoms with van der Waals surface area (Å²) in [6.07, 6.45) is -0.0350. The molecule has 2 atom stereocenters. The summed E-state index contributed by atoms with van der Waals surface area (Å²) >= 11 is 0. The van der Waals surface area contributed by atoms with E-state index in [0.717, 1.165) is 30.5 Å². The first-order chi connectivity index (χ1) is 16.1. The zero-order valence-electron chi connectivity index (χ0n) is 18.0. The number of rotatable bonds is 5. The second-order valence-corrected chi connectivity index (χ2v) is 10.6. The molecule has 2 fully saturated rings. The topological polar surface area (TPSA) is 88.6 Å². The summed E-state index contributed by atoms with van der Waals surface area (Å²) in [7, 11) is -4.13. The molecular formula is C23H22F3N3O4S. The van der Waals surface area contributed by atoms with Crippen LogP contribution in [0.5, 0.6) is 5.88 Å². The Labute approximate surface area is 194 Å². The fraction of sp³-hybridized carbons (Fsp3) is 0.391. The normalized spacial score (nSPS) is 22.9. The van der Waals surface area contributed by atoms with Crippen LogP contribution < -0.4 is 10.1 Å². The molecule has 2 bridgehead atoms. The number of nitrogens with zero attached hydrogens (tertiary/aromatic N) is 2. The summed E-state index contributed by atoms with van der Waals surface area (Å²) in [4.78, 5) is 15.9. The lowest BCUT2D eigenvalue weighted by molar-refractivity contribution is -0.137. The fourth-order valence-corrected chi connectivity index (χ4v) is 6.34. The van der Waals surface area contributed by atoms with Crippen molar-refractivity contribution in [3.8, 4) is 5.88 Å². The molecule has 1 saturated carbocycles. The Morgan fingerprint density at radius 2 is 1.85 bits per heavy atom. The summed E-state index contributed by atoms with van der Waals surface area (Å²) < 4.78 is 72.5. The van der Waals surface area contributed by atoms with Gasteiger partial charge in [-0.25, -0.2) is 18.2 Å². The highest BCUT2D eigenvalue weighted by molar-refractivity contribution is 7.89. The number of pyridine rings is 1. The highest BCUT2D eigenvalue weighted by atomic mass is 32.2. The molecule has 1 aromatic heterocycles. The van der Waals surface area contributed by atoms with Crippen LogP contribution in [0, 0.1) is 0 Å². The number of aromatic nitrogens is 1. The van der Waals surface area contributed by atoms with Crippen LogP contribution in [0.4, 0.5) is 18.0 Å². The van der Waals surface area contributed by atoms with Gasteiger partial charge in [0.2, 0.25) is 15.9 Å². The van der Waals surface area contributed by atoms with E-state index in [1.807, 2.05) is 0 Å². The molecule has 1 aromatic carbocycles. The minimum Gasteiger partial charge on any atom is -0.391 e. The summed E-state index contributed by atoms with van der Waals surface area (Å²) in [5, 5.41) is 2.72. The Morgan fingerprint density at radius 1 is 1.09 bits per heavy atom. The SMILES string of the molecule is O=C(NC1CC1)Oc1cccc(C2=CC3CCC(C2)N3S(=O)(=O)c2cccc(C(F)(F)F)c2)n1. The molecule has 0 spiro atoms.